The van der Waals surface area contributed by atoms with Gasteiger partial charge in [-0.2, -0.15) is 0 Å². The molecule has 11 heavy (non-hydrogen) atoms. The second-order valence-electron chi connectivity index (χ2n) is 1.82. The number of hydrogen-bond acceptors (Lipinski definition) is 3. The molecule has 58 valence electrons. The van der Waals surface area contributed by atoms with E-state index in [1.54, 1.807) is 18.2 Å². The number of nitrogens with zero attached hydrogens (tertiary/aromatic N) is 1. The van der Waals surface area contributed by atoms with E-state index in [1.807, 2.05) is 0 Å². The summed E-state index contributed by atoms with van der Waals surface area (Å²) in [7, 11) is 0. The fourth-order valence-corrected chi connectivity index (χ4v) is 1.47. The Morgan fingerprint density at radius 2 is 2.09 bits per heavy atom. The molecular formula is C6H5NO3Se. The molecule has 0 radical (unpaired) electrons. The van der Waals surface area contributed by atoms with E-state index in [-0.39, 0.29) is 5.69 Å². The van der Waals surface area contributed by atoms with Crippen LogP contribution in [0.1, 0.15) is 0 Å². The van der Waals surface area contributed by atoms with E-state index in [1.165, 1.54) is 6.07 Å². The van der Waals surface area contributed by atoms with E-state index < -0.39 is 20.2 Å². The van der Waals surface area contributed by atoms with Crippen LogP contribution in [0.4, 0.5) is 5.69 Å². The van der Waals surface area contributed by atoms with Crippen molar-refractivity contribution in [1.29, 1.82) is 0 Å². The molecule has 0 aliphatic rings. The normalized spacial score (nSPS) is 9.55. The van der Waals surface area contributed by atoms with E-state index in [9.17, 15) is 10.1 Å². The summed E-state index contributed by atoms with van der Waals surface area (Å²) in [6.45, 7) is 0. The molecule has 1 rings (SSSR count). The number of hydrogen-bond donors (Lipinski definition) is 1. The average Bonchev–Trinajstić information content (AvgIpc) is 2.04. The van der Waals surface area contributed by atoms with Gasteiger partial charge in [0.1, 0.15) is 0 Å². The predicted octanol–water partition coefficient (Wildman–Crippen LogP) is -0.168. The van der Waals surface area contributed by atoms with Crippen LogP contribution < -0.4 is 4.46 Å². The summed E-state index contributed by atoms with van der Waals surface area (Å²) >= 11 is -0.802. The Bertz CT molecular complexity index is 276. The minimum atomic E-state index is -0.802. The zero-order valence-electron chi connectivity index (χ0n) is 5.43. The SMILES string of the molecule is O=[N+]([O-])c1ccccc1[Se]O. The van der Waals surface area contributed by atoms with Crippen LogP contribution in [0.15, 0.2) is 24.3 Å². The summed E-state index contributed by atoms with van der Waals surface area (Å²) in [5.41, 5.74) is -0.00463. The fraction of sp³-hybridized carbons (Fsp3) is 0. The number of nitro benzene ring substituents is 1. The van der Waals surface area contributed by atoms with Crippen LogP contribution in [0.5, 0.6) is 0 Å². The van der Waals surface area contributed by atoms with Gasteiger partial charge in [0.15, 0.2) is 0 Å². The second kappa shape index (κ2) is 3.48. The Balaban J connectivity index is 3.12. The summed E-state index contributed by atoms with van der Waals surface area (Å²) in [5, 5.41) is 10.3. The summed E-state index contributed by atoms with van der Waals surface area (Å²) in [6, 6.07) is 6.18. The van der Waals surface area contributed by atoms with E-state index in [2.05, 4.69) is 0 Å². The standard InChI is InChI=1S/C6H5NO3Se/c8-7(9)5-3-1-2-4-6(5)11-10/h1-4,10H. The van der Waals surface area contributed by atoms with Crippen LogP contribution in [0, 0.1) is 10.1 Å². The predicted molar refractivity (Wildman–Crippen MR) is 40.7 cm³/mol. The molecule has 0 bridgehead atoms. The van der Waals surface area contributed by atoms with E-state index in [0.717, 1.165) is 0 Å². The molecule has 0 spiro atoms. The molecule has 0 amide bonds. The molecule has 0 aromatic heterocycles. The van der Waals surface area contributed by atoms with Crippen molar-refractivity contribution in [3.8, 4) is 0 Å². The molecule has 0 saturated carbocycles. The molecule has 0 saturated heterocycles. The molecule has 1 N–H and O–H groups in total. The third-order valence-corrected chi connectivity index (χ3v) is 2.30. The van der Waals surface area contributed by atoms with Gasteiger partial charge in [-0.25, -0.2) is 0 Å². The molecule has 4 nitrogen and oxygen atoms in total. The van der Waals surface area contributed by atoms with Gasteiger partial charge in [-0.1, -0.05) is 0 Å². The third kappa shape index (κ3) is 1.77. The number of para-hydroxylation sites is 1. The molecule has 0 aliphatic heterocycles. The zero-order valence-corrected chi connectivity index (χ0v) is 7.14. The van der Waals surface area contributed by atoms with Crippen molar-refractivity contribution in [3.63, 3.8) is 0 Å². The van der Waals surface area contributed by atoms with Gasteiger partial charge in [-0.05, 0) is 0 Å². The van der Waals surface area contributed by atoms with Gasteiger partial charge in [0, 0.05) is 0 Å². The average molecular weight is 218 g/mol. The first-order valence-corrected chi connectivity index (χ1v) is 4.43. The molecule has 0 unspecified atom stereocenters. The maximum absolute atomic E-state index is 10.3. The Labute approximate surface area is 69.5 Å². The van der Waals surface area contributed by atoms with E-state index >= 15 is 0 Å². The van der Waals surface area contributed by atoms with Gasteiger partial charge in [0.25, 0.3) is 0 Å². The molecule has 0 aliphatic carbocycles. The summed E-state index contributed by atoms with van der Waals surface area (Å²) in [5.74, 6) is 0. The Morgan fingerprint density at radius 1 is 1.45 bits per heavy atom. The summed E-state index contributed by atoms with van der Waals surface area (Å²) < 4.78 is 9.13. The fourth-order valence-electron chi connectivity index (χ4n) is 0.685. The van der Waals surface area contributed by atoms with E-state index in [0.29, 0.717) is 4.46 Å². The van der Waals surface area contributed by atoms with Gasteiger partial charge in [0.2, 0.25) is 0 Å². The van der Waals surface area contributed by atoms with Crippen LogP contribution in [-0.2, 0) is 0 Å². The molecular weight excluding hydrogens is 213 g/mol. The van der Waals surface area contributed by atoms with Crippen LogP contribution in [-0.4, -0.2) is 24.4 Å². The molecule has 0 atom stereocenters. The zero-order chi connectivity index (χ0) is 8.27. The maximum atomic E-state index is 10.3. The van der Waals surface area contributed by atoms with Crippen molar-refractivity contribution in [1.82, 2.24) is 0 Å². The third-order valence-electron chi connectivity index (χ3n) is 1.16. The first-order chi connectivity index (χ1) is 5.25. The Kier molecular flexibility index (Phi) is 2.59. The van der Waals surface area contributed by atoms with Crippen molar-refractivity contribution in [3.05, 3.63) is 34.4 Å². The van der Waals surface area contributed by atoms with Crippen molar-refractivity contribution in [2.75, 3.05) is 0 Å². The first kappa shape index (κ1) is 8.20. The molecule has 5 heteroatoms. The minimum absolute atomic E-state index is 0.00463. The Morgan fingerprint density at radius 3 is 2.55 bits per heavy atom. The number of rotatable bonds is 2. The Hall–Kier alpha value is -0.901. The van der Waals surface area contributed by atoms with Gasteiger partial charge < -0.3 is 0 Å². The topological polar surface area (TPSA) is 63.4 Å². The van der Waals surface area contributed by atoms with Crippen molar-refractivity contribution in [2.24, 2.45) is 0 Å². The van der Waals surface area contributed by atoms with Crippen LogP contribution in [0.2, 0.25) is 0 Å². The van der Waals surface area contributed by atoms with Crippen LogP contribution >= 0.6 is 0 Å². The molecule has 1 aromatic rings. The van der Waals surface area contributed by atoms with E-state index in [4.69, 9.17) is 4.19 Å². The second-order valence-corrected chi connectivity index (χ2v) is 3.12. The van der Waals surface area contributed by atoms with Crippen LogP contribution in [0.25, 0.3) is 0 Å². The van der Waals surface area contributed by atoms with Crippen molar-refractivity contribution >= 4 is 25.4 Å². The molecule has 0 heterocycles. The summed E-state index contributed by atoms with van der Waals surface area (Å²) in [4.78, 5) is 9.79. The first-order valence-electron chi connectivity index (χ1n) is 2.80. The van der Waals surface area contributed by atoms with Gasteiger partial charge in [0.05, 0.1) is 0 Å². The molecule has 0 fully saturated rings. The van der Waals surface area contributed by atoms with Crippen molar-refractivity contribution < 1.29 is 9.11 Å². The quantitative estimate of drug-likeness (QED) is 0.426. The summed E-state index contributed by atoms with van der Waals surface area (Å²) in [6.07, 6.45) is 0. The van der Waals surface area contributed by atoms with Crippen LogP contribution in [0.3, 0.4) is 0 Å². The van der Waals surface area contributed by atoms with Crippen molar-refractivity contribution in [2.45, 2.75) is 0 Å². The van der Waals surface area contributed by atoms with Gasteiger partial charge in [-0.3, -0.25) is 0 Å². The van der Waals surface area contributed by atoms with Gasteiger partial charge in [-0.15, -0.1) is 0 Å². The molecule has 1 aromatic carbocycles. The van der Waals surface area contributed by atoms with Gasteiger partial charge >= 0.3 is 68.9 Å². The number of nitro groups is 1. The number of benzene rings is 1. The monoisotopic (exact) mass is 219 g/mol.